The topological polar surface area (TPSA) is 135 Å². The molecule has 3 heterocycles. The maximum atomic E-state index is 11.7. The standard InChI is InChI=1S/C27H29ClN6O3/c1-15-11-18(16(2)30-19-3-4-22(28)32-24(19)26(36)37)23-20(12-15)31-21(14-29)25(33-23)34-9-7-27(8-10-34)6-5-17(35)13-27/h3-4,11-12,16-17,30,35H,5-10,13H2,1-2H3,(H,36,37)/t16-,17?/m1/s1. The van der Waals surface area contributed by atoms with Gasteiger partial charge < -0.3 is 20.4 Å². The van der Waals surface area contributed by atoms with Crippen molar-refractivity contribution in [3.05, 3.63) is 51.9 Å². The van der Waals surface area contributed by atoms with E-state index in [1.165, 1.54) is 0 Å². The van der Waals surface area contributed by atoms with Crippen LogP contribution in [0.25, 0.3) is 11.0 Å². The summed E-state index contributed by atoms with van der Waals surface area (Å²) in [4.78, 5) is 27.5. The third-order valence-electron chi connectivity index (χ3n) is 7.73. The number of benzene rings is 1. The third-order valence-corrected chi connectivity index (χ3v) is 7.94. The highest BCUT2D eigenvalue weighted by Gasteiger charge is 2.41. The van der Waals surface area contributed by atoms with E-state index < -0.39 is 5.97 Å². The molecule has 1 saturated carbocycles. The molecule has 3 aromatic rings. The second kappa shape index (κ2) is 9.77. The summed E-state index contributed by atoms with van der Waals surface area (Å²) in [5.41, 5.74) is 3.74. The zero-order valence-electron chi connectivity index (χ0n) is 20.8. The van der Waals surface area contributed by atoms with Crippen LogP contribution in [0.1, 0.15) is 72.4 Å². The maximum Gasteiger partial charge on any atom is 0.356 e. The van der Waals surface area contributed by atoms with Crippen LogP contribution in [0, 0.1) is 23.7 Å². The van der Waals surface area contributed by atoms with Crippen LogP contribution in [0.15, 0.2) is 24.3 Å². The van der Waals surface area contributed by atoms with E-state index in [0.29, 0.717) is 28.2 Å². The molecule has 1 aliphatic carbocycles. The first-order chi connectivity index (χ1) is 17.7. The second-order valence-electron chi connectivity index (χ2n) is 10.3. The molecule has 192 valence electrons. The Morgan fingerprint density at radius 2 is 2.00 bits per heavy atom. The molecule has 10 heteroatoms. The Morgan fingerprint density at radius 3 is 2.65 bits per heavy atom. The molecular formula is C27H29ClN6O3. The lowest BCUT2D eigenvalue weighted by molar-refractivity contribution is 0.0691. The van der Waals surface area contributed by atoms with Gasteiger partial charge in [0.25, 0.3) is 0 Å². The minimum atomic E-state index is -1.18. The lowest BCUT2D eigenvalue weighted by Crippen LogP contribution is -2.40. The van der Waals surface area contributed by atoms with E-state index in [2.05, 4.69) is 26.3 Å². The first kappa shape index (κ1) is 25.2. The lowest BCUT2D eigenvalue weighted by Gasteiger charge is -2.40. The van der Waals surface area contributed by atoms with Crippen molar-refractivity contribution >= 4 is 40.1 Å². The molecule has 0 bridgehead atoms. The van der Waals surface area contributed by atoms with E-state index in [1.807, 2.05) is 26.0 Å². The summed E-state index contributed by atoms with van der Waals surface area (Å²) >= 11 is 5.92. The number of anilines is 2. The summed E-state index contributed by atoms with van der Waals surface area (Å²) in [5.74, 6) is -0.607. The summed E-state index contributed by atoms with van der Waals surface area (Å²) in [6.45, 7) is 5.39. The highest BCUT2D eigenvalue weighted by atomic mass is 35.5. The van der Waals surface area contributed by atoms with E-state index in [4.69, 9.17) is 16.6 Å². The van der Waals surface area contributed by atoms with Crippen molar-refractivity contribution in [2.24, 2.45) is 5.41 Å². The minimum absolute atomic E-state index is 0.103. The van der Waals surface area contributed by atoms with Crippen LogP contribution < -0.4 is 10.2 Å². The number of aryl methyl sites for hydroxylation is 1. The van der Waals surface area contributed by atoms with E-state index in [-0.39, 0.29) is 28.4 Å². The van der Waals surface area contributed by atoms with Gasteiger partial charge >= 0.3 is 5.97 Å². The smallest absolute Gasteiger partial charge is 0.356 e. The largest absolute Gasteiger partial charge is 0.476 e. The Bertz CT molecular complexity index is 1410. The fraction of sp³-hybridized carbons (Fsp3) is 0.444. The molecule has 0 radical (unpaired) electrons. The lowest BCUT2D eigenvalue weighted by atomic mass is 9.77. The van der Waals surface area contributed by atoms with Gasteiger partial charge in [-0.3, -0.25) is 0 Å². The molecule has 1 unspecified atom stereocenters. The Hall–Kier alpha value is -3.48. The zero-order valence-corrected chi connectivity index (χ0v) is 21.6. The van der Waals surface area contributed by atoms with Gasteiger partial charge in [0, 0.05) is 18.7 Å². The van der Waals surface area contributed by atoms with Crippen molar-refractivity contribution in [3.63, 3.8) is 0 Å². The summed E-state index contributed by atoms with van der Waals surface area (Å²) in [7, 11) is 0. The number of rotatable bonds is 5. The van der Waals surface area contributed by atoms with Crippen LogP contribution in [-0.2, 0) is 0 Å². The Labute approximate surface area is 220 Å². The number of nitrogens with zero attached hydrogens (tertiary/aromatic N) is 5. The Morgan fingerprint density at radius 1 is 1.24 bits per heavy atom. The van der Waals surface area contributed by atoms with Crippen LogP contribution in [0.2, 0.25) is 5.15 Å². The fourth-order valence-corrected chi connectivity index (χ4v) is 5.95. The van der Waals surface area contributed by atoms with Gasteiger partial charge in [-0.15, -0.1) is 0 Å². The molecule has 2 aromatic heterocycles. The molecule has 1 aliphatic heterocycles. The molecule has 3 N–H and O–H groups in total. The highest BCUT2D eigenvalue weighted by Crippen LogP contribution is 2.47. The summed E-state index contributed by atoms with van der Waals surface area (Å²) < 4.78 is 0. The summed E-state index contributed by atoms with van der Waals surface area (Å²) in [6, 6.07) is 8.94. The predicted octanol–water partition coefficient (Wildman–Crippen LogP) is 4.86. The van der Waals surface area contributed by atoms with E-state index >= 15 is 0 Å². The van der Waals surface area contributed by atoms with Crippen LogP contribution in [-0.4, -0.2) is 50.3 Å². The molecule has 1 aromatic carbocycles. The molecule has 0 amide bonds. The molecule has 5 rings (SSSR count). The SMILES string of the molecule is Cc1cc([C@@H](C)Nc2ccc(Cl)nc2C(=O)O)c2nc(N3CCC4(CCC(O)C4)CC3)c(C#N)nc2c1. The van der Waals surface area contributed by atoms with E-state index in [0.717, 1.165) is 56.3 Å². The average Bonchev–Trinajstić information content (AvgIpc) is 3.23. The first-order valence-corrected chi connectivity index (χ1v) is 12.9. The number of nitrogens with one attached hydrogen (secondary N) is 1. The summed E-state index contributed by atoms with van der Waals surface area (Å²) in [5, 5.41) is 32.9. The number of aliphatic hydroxyl groups is 1. The van der Waals surface area contributed by atoms with Gasteiger partial charge in [0.15, 0.2) is 17.2 Å². The number of hydrogen-bond acceptors (Lipinski definition) is 8. The molecule has 2 fully saturated rings. The molecule has 1 saturated heterocycles. The zero-order chi connectivity index (χ0) is 26.3. The molecular weight excluding hydrogens is 492 g/mol. The minimum Gasteiger partial charge on any atom is -0.476 e. The second-order valence-corrected chi connectivity index (χ2v) is 10.7. The Kier molecular flexibility index (Phi) is 6.65. The number of nitriles is 1. The quantitative estimate of drug-likeness (QED) is 0.403. The number of carboxylic acid groups (broad SMARTS) is 1. The van der Waals surface area contributed by atoms with E-state index in [9.17, 15) is 20.3 Å². The molecule has 37 heavy (non-hydrogen) atoms. The van der Waals surface area contributed by atoms with E-state index in [1.54, 1.807) is 12.1 Å². The van der Waals surface area contributed by atoms with Crippen molar-refractivity contribution in [3.8, 4) is 6.07 Å². The molecule has 9 nitrogen and oxygen atoms in total. The number of carbonyl (C=O) groups is 1. The number of aromatic nitrogens is 3. The van der Waals surface area contributed by atoms with Gasteiger partial charge in [0.05, 0.1) is 28.9 Å². The predicted molar refractivity (Wildman–Crippen MR) is 141 cm³/mol. The fourth-order valence-electron chi connectivity index (χ4n) is 5.80. The maximum absolute atomic E-state index is 11.7. The first-order valence-electron chi connectivity index (χ1n) is 12.5. The number of aliphatic hydroxyl groups excluding tert-OH is 1. The van der Waals surface area contributed by atoms with Crippen LogP contribution in [0.4, 0.5) is 11.5 Å². The van der Waals surface area contributed by atoms with Crippen molar-refractivity contribution < 1.29 is 15.0 Å². The number of carboxylic acids is 1. The summed E-state index contributed by atoms with van der Waals surface area (Å²) in [6.07, 6.45) is 4.45. The molecule has 1 spiro atoms. The van der Waals surface area contributed by atoms with Crippen molar-refractivity contribution in [1.29, 1.82) is 5.26 Å². The van der Waals surface area contributed by atoms with Crippen molar-refractivity contribution in [2.75, 3.05) is 23.3 Å². The van der Waals surface area contributed by atoms with Crippen molar-refractivity contribution in [2.45, 2.75) is 58.1 Å². The number of aromatic carboxylic acids is 1. The monoisotopic (exact) mass is 520 g/mol. The van der Waals surface area contributed by atoms with Gasteiger partial charge in [-0.1, -0.05) is 17.7 Å². The van der Waals surface area contributed by atoms with Gasteiger partial charge in [-0.05, 0) is 75.1 Å². The average molecular weight is 521 g/mol. The van der Waals surface area contributed by atoms with Gasteiger partial charge in [0.1, 0.15) is 11.2 Å². The number of fused-ring (bicyclic) bond motifs is 1. The van der Waals surface area contributed by atoms with Crippen LogP contribution in [0.3, 0.4) is 0 Å². The number of halogens is 1. The third kappa shape index (κ3) is 4.91. The van der Waals surface area contributed by atoms with Crippen LogP contribution in [0.5, 0.6) is 0 Å². The van der Waals surface area contributed by atoms with Crippen LogP contribution >= 0.6 is 11.6 Å². The van der Waals surface area contributed by atoms with Gasteiger partial charge in [0.2, 0.25) is 0 Å². The van der Waals surface area contributed by atoms with Crippen molar-refractivity contribution in [1.82, 2.24) is 15.0 Å². The Balaban J connectivity index is 1.50. The number of pyridine rings is 1. The van der Waals surface area contributed by atoms with Gasteiger partial charge in [-0.25, -0.2) is 19.7 Å². The highest BCUT2D eigenvalue weighted by molar-refractivity contribution is 6.29. The number of piperidine rings is 1. The molecule has 2 atom stereocenters. The normalized spacial score (nSPS) is 19.6. The van der Waals surface area contributed by atoms with Gasteiger partial charge in [-0.2, -0.15) is 5.26 Å². The number of hydrogen-bond donors (Lipinski definition) is 3. The molecule has 2 aliphatic rings.